The highest BCUT2D eigenvalue weighted by atomic mass is 35.5. The first-order valence-corrected chi connectivity index (χ1v) is 6.43. The van der Waals surface area contributed by atoms with Gasteiger partial charge in [-0.05, 0) is 43.7 Å². The second kappa shape index (κ2) is 6.03. The van der Waals surface area contributed by atoms with Crippen molar-refractivity contribution < 1.29 is 4.79 Å². The van der Waals surface area contributed by atoms with Gasteiger partial charge in [-0.1, -0.05) is 24.4 Å². The number of nitrogens with one attached hydrogen (secondary N) is 2. The molecule has 2 rings (SSSR count). The lowest BCUT2D eigenvalue weighted by atomic mass is 10.1. The van der Waals surface area contributed by atoms with E-state index in [9.17, 15) is 4.79 Å². The monoisotopic (exact) mass is 252 g/mol. The zero-order valence-corrected chi connectivity index (χ0v) is 10.5. The predicted molar refractivity (Wildman–Crippen MR) is 70.3 cm³/mol. The van der Waals surface area contributed by atoms with Crippen LogP contribution in [-0.2, 0) is 4.79 Å². The van der Waals surface area contributed by atoms with Gasteiger partial charge in [0.2, 0.25) is 5.91 Å². The molecule has 0 spiro atoms. The summed E-state index contributed by atoms with van der Waals surface area (Å²) in [4.78, 5) is 12.0. The second-order valence-corrected chi connectivity index (χ2v) is 4.79. The number of benzene rings is 1. The van der Waals surface area contributed by atoms with E-state index in [1.54, 1.807) is 12.1 Å². The summed E-state index contributed by atoms with van der Waals surface area (Å²) in [5, 5.41) is 6.86. The van der Waals surface area contributed by atoms with Crippen LogP contribution in [0.3, 0.4) is 0 Å². The Morgan fingerprint density at radius 2 is 2.00 bits per heavy atom. The van der Waals surface area contributed by atoms with Crippen molar-refractivity contribution in [1.29, 1.82) is 0 Å². The summed E-state index contributed by atoms with van der Waals surface area (Å²) in [5.74, 6) is 0.0502. The molecule has 0 aliphatic carbocycles. The molecule has 1 aromatic carbocycles. The first kappa shape index (κ1) is 12.4. The largest absolute Gasteiger partial charge is 0.325 e. The van der Waals surface area contributed by atoms with Crippen molar-refractivity contribution in [3.63, 3.8) is 0 Å². The zero-order valence-electron chi connectivity index (χ0n) is 9.71. The van der Waals surface area contributed by atoms with Gasteiger partial charge in [0.15, 0.2) is 0 Å². The Balaban J connectivity index is 1.93. The first-order valence-electron chi connectivity index (χ1n) is 6.05. The summed E-state index contributed by atoms with van der Waals surface area (Å²) in [6.07, 6.45) is 4.40. The van der Waals surface area contributed by atoms with Crippen molar-refractivity contribution in [3.8, 4) is 0 Å². The second-order valence-electron chi connectivity index (χ2n) is 4.35. The van der Waals surface area contributed by atoms with E-state index in [0.717, 1.165) is 31.5 Å². The van der Waals surface area contributed by atoms with Crippen LogP contribution in [0.2, 0.25) is 5.02 Å². The van der Waals surface area contributed by atoms with Crippen molar-refractivity contribution in [2.24, 2.45) is 0 Å². The minimum absolute atomic E-state index is 0.0502. The molecule has 1 aromatic rings. The molecule has 1 saturated heterocycles. The summed E-state index contributed by atoms with van der Waals surface area (Å²) in [5.41, 5.74) is 0.797. The molecule has 1 atom stereocenters. The molecule has 0 saturated carbocycles. The summed E-state index contributed by atoms with van der Waals surface area (Å²) < 4.78 is 0. The molecule has 17 heavy (non-hydrogen) atoms. The molecule has 1 heterocycles. The van der Waals surface area contributed by atoms with Crippen molar-refractivity contribution in [3.05, 3.63) is 29.3 Å². The highest BCUT2D eigenvalue weighted by Crippen LogP contribution is 2.15. The topological polar surface area (TPSA) is 41.1 Å². The van der Waals surface area contributed by atoms with E-state index in [-0.39, 0.29) is 11.9 Å². The van der Waals surface area contributed by atoms with Crippen LogP contribution in [0.25, 0.3) is 0 Å². The number of hydrogen-bond donors (Lipinski definition) is 2. The standard InChI is InChI=1S/C13H17ClN2O/c14-10-5-7-11(8-6-10)16-13(17)12-4-2-1-3-9-15-12/h5-8,12,15H,1-4,9H2,(H,16,17). The summed E-state index contributed by atoms with van der Waals surface area (Å²) in [7, 11) is 0. The van der Waals surface area contributed by atoms with Crippen LogP contribution in [0.15, 0.2) is 24.3 Å². The van der Waals surface area contributed by atoms with E-state index in [0.29, 0.717) is 5.02 Å². The summed E-state index contributed by atoms with van der Waals surface area (Å²) >= 11 is 5.79. The van der Waals surface area contributed by atoms with E-state index in [1.165, 1.54) is 6.42 Å². The van der Waals surface area contributed by atoms with Crippen molar-refractivity contribution in [2.75, 3.05) is 11.9 Å². The van der Waals surface area contributed by atoms with Crippen LogP contribution in [0.1, 0.15) is 25.7 Å². The minimum atomic E-state index is -0.0619. The lowest BCUT2D eigenvalue weighted by Crippen LogP contribution is -2.39. The third kappa shape index (κ3) is 3.72. The van der Waals surface area contributed by atoms with E-state index in [2.05, 4.69) is 10.6 Å². The summed E-state index contributed by atoms with van der Waals surface area (Å²) in [6.45, 7) is 0.929. The lowest BCUT2D eigenvalue weighted by Gasteiger charge is -2.15. The number of carbonyl (C=O) groups is 1. The maximum Gasteiger partial charge on any atom is 0.241 e. The van der Waals surface area contributed by atoms with Crippen LogP contribution >= 0.6 is 11.6 Å². The van der Waals surface area contributed by atoms with E-state index in [1.807, 2.05) is 12.1 Å². The molecule has 0 radical (unpaired) electrons. The van der Waals surface area contributed by atoms with Gasteiger partial charge in [0, 0.05) is 10.7 Å². The Morgan fingerprint density at radius 1 is 1.24 bits per heavy atom. The van der Waals surface area contributed by atoms with Gasteiger partial charge in [-0.15, -0.1) is 0 Å². The van der Waals surface area contributed by atoms with Gasteiger partial charge in [0.25, 0.3) is 0 Å². The molecule has 0 aromatic heterocycles. The molecule has 1 fully saturated rings. The molecular weight excluding hydrogens is 236 g/mol. The van der Waals surface area contributed by atoms with E-state index in [4.69, 9.17) is 11.6 Å². The maximum absolute atomic E-state index is 12.0. The van der Waals surface area contributed by atoms with Gasteiger partial charge >= 0.3 is 0 Å². The molecule has 92 valence electrons. The van der Waals surface area contributed by atoms with Crippen LogP contribution in [0, 0.1) is 0 Å². The lowest BCUT2D eigenvalue weighted by molar-refractivity contribution is -0.118. The number of carbonyl (C=O) groups excluding carboxylic acids is 1. The number of amides is 1. The fourth-order valence-corrected chi connectivity index (χ4v) is 2.14. The van der Waals surface area contributed by atoms with E-state index < -0.39 is 0 Å². The Kier molecular flexibility index (Phi) is 4.40. The molecule has 1 aliphatic rings. The third-order valence-electron chi connectivity index (χ3n) is 2.99. The molecule has 1 amide bonds. The van der Waals surface area contributed by atoms with Crippen molar-refractivity contribution in [2.45, 2.75) is 31.7 Å². The van der Waals surface area contributed by atoms with Crippen LogP contribution in [-0.4, -0.2) is 18.5 Å². The maximum atomic E-state index is 12.0. The fourth-order valence-electron chi connectivity index (χ4n) is 2.01. The Bertz CT molecular complexity index is 370. The Morgan fingerprint density at radius 3 is 2.76 bits per heavy atom. The summed E-state index contributed by atoms with van der Waals surface area (Å²) in [6, 6.07) is 7.12. The molecule has 2 N–H and O–H groups in total. The van der Waals surface area contributed by atoms with Gasteiger partial charge in [-0.25, -0.2) is 0 Å². The zero-order chi connectivity index (χ0) is 12.1. The van der Waals surface area contributed by atoms with Crippen molar-refractivity contribution >= 4 is 23.2 Å². The third-order valence-corrected chi connectivity index (χ3v) is 3.24. The Hall–Kier alpha value is -1.06. The Labute approximate surface area is 107 Å². The number of hydrogen-bond acceptors (Lipinski definition) is 2. The molecule has 0 bridgehead atoms. The molecular formula is C13H17ClN2O. The first-order chi connectivity index (χ1) is 8.25. The molecule has 4 heteroatoms. The number of halogens is 1. The van der Waals surface area contributed by atoms with Crippen LogP contribution in [0.5, 0.6) is 0 Å². The van der Waals surface area contributed by atoms with Crippen molar-refractivity contribution in [1.82, 2.24) is 5.32 Å². The number of anilines is 1. The van der Waals surface area contributed by atoms with Gasteiger partial charge in [-0.3, -0.25) is 4.79 Å². The SMILES string of the molecule is O=C(Nc1ccc(Cl)cc1)C1CCCCCN1. The van der Waals surface area contributed by atoms with Gasteiger partial charge < -0.3 is 10.6 Å². The van der Waals surface area contributed by atoms with Gasteiger partial charge in [-0.2, -0.15) is 0 Å². The van der Waals surface area contributed by atoms with Gasteiger partial charge in [0.05, 0.1) is 6.04 Å². The van der Waals surface area contributed by atoms with Crippen LogP contribution < -0.4 is 10.6 Å². The quantitative estimate of drug-likeness (QED) is 0.850. The smallest absolute Gasteiger partial charge is 0.241 e. The molecule has 1 unspecified atom stereocenters. The fraction of sp³-hybridized carbons (Fsp3) is 0.462. The molecule has 1 aliphatic heterocycles. The highest BCUT2D eigenvalue weighted by Gasteiger charge is 2.19. The molecule has 3 nitrogen and oxygen atoms in total. The van der Waals surface area contributed by atoms with Crippen LogP contribution in [0.4, 0.5) is 5.69 Å². The van der Waals surface area contributed by atoms with E-state index >= 15 is 0 Å². The minimum Gasteiger partial charge on any atom is -0.325 e. The predicted octanol–water partition coefficient (Wildman–Crippen LogP) is 2.81. The average Bonchev–Trinajstić information content (AvgIpc) is 2.61. The number of rotatable bonds is 2. The average molecular weight is 253 g/mol. The highest BCUT2D eigenvalue weighted by molar-refractivity contribution is 6.30. The van der Waals surface area contributed by atoms with Gasteiger partial charge in [0.1, 0.15) is 0 Å². The normalized spacial score (nSPS) is 20.6.